The quantitative estimate of drug-likeness (QED) is 0.714. The van der Waals surface area contributed by atoms with E-state index in [0.29, 0.717) is 5.56 Å². The van der Waals surface area contributed by atoms with Crippen LogP contribution in [0.4, 0.5) is 4.39 Å². The number of esters is 1. The Bertz CT molecular complexity index is 383. The Hall–Kier alpha value is -1.38. The second kappa shape index (κ2) is 4.01. The van der Waals surface area contributed by atoms with E-state index in [1.54, 1.807) is 12.1 Å². The Morgan fingerprint density at radius 2 is 2.27 bits per heavy atom. The van der Waals surface area contributed by atoms with Crippen LogP contribution in [0.5, 0.6) is 0 Å². The van der Waals surface area contributed by atoms with Crippen LogP contribution in [0, 0.1) is 18.7 Å². The van der Waals surface area contributed by atoms with Crippen molar-refractivity contribution < 1.29 is 13.9 Å². The number of carbonyl (C=O) groups excluding carboxylic acids is 1. The third-order valence-corrected chi connectivity index (χ3v) is 2.48. The van der Waals surface area contributed by atoms with Crippen LogP contribution in [0.1, 0.15) is 24.0 Å². The second-order valence-electron chi connectivity index (χ2n) is 3.98. The highest BCUT2D eigenvalue weighted by molar-refractivity contribution is 5.74. The predicted molar refractivity (Wildman–Crippen MR) is 53.7 cm³/mol. The van der Waals surface area contributed by atoms with E-state index in [2.05, 4.69) is 0 Å². The summed E-state index contributed by atoms with van der Waals surface area (Å²) in [5.41, 5.74) is 1.41. The molecule has 0 saturated heterocycles. The number of benzene rings is 1. The zero-order valence-corrected chi connectivity index (χ0v) is 8.63. The summed E-state index contributed by atoms with van der Waals surface area (Å²) in [6.45, 7) is 1.93. The summed E-state index contributed by atoms with van der Waals surface area (Å²) < 4.78 is 18.3. The van der Waals surface area contributed by atoms with Crippen LogP contribution in [0.15, 0.2) is 18.2 Å². The van der Waals surface area contributed by atoms with Gasteiger partial charge in [-0.05, 0) is 31.9 Å². The molecule has 1 aromatic carbocycles. The fourth-order valence-electron chi connectivity index (χ4n) is 1.40. The Balaban J connectivity index is 1.97. The van der Waals surface area contributed by atoms with Crippen LogP contribution in [-0.2, 0) is 16.1 Å². The maximum atomic E-state index is 13.2. The Morgan fingerprint density at radius 3 is 2.93 bits per heavy atom. The molecule has 1 aliphatic carbocycles. The average Bonchev–Trinajstić information content (AvgIpc) is 3.02. The van der Waals surface area contributed by atoms with Crippen molar-refractivity contribution in [2.75, 3.05) is 0 Å². The van der Waals surface area contributed by atoms with E-state index in [1.807, 2.05) is 6.92 Å². The van der Waals surface area contributed by atoms with Gasteiger partial charge in [0.15, 0.2) is 0 Å². The fourth-order valence-corrected chi connectivity index (χ4v) is 1.40. The van der Waals surface area contributed by atoms with E-state index >= 15 is 0 Å². The largest absolute Gasteiger partial charge is 0.460 e. The molecule has 80 valence electrons. The van der Waals surface area contributed by atoms with Crippen molar-refractivity contribution in [1.29, 1.82) is 0 Å². The molecule has 0 spiro atoms. The summed E-state index contributed by atoms with van der Waals surface area (Å²) in [6, 6.07) is 4.80. The molecule has 0 unspecified atom stereocenters. The highest BCUT2D eigenvalue weighted by Gasteiger charge is 2.31. The molecule has 1 aromatic rings. The molecule has 0 N–H and O–H groups in total. The number of hydrogen-bond acceptors (Lipinski definition) is 2. The first kappa shape index (κ1) is 10.1. The predicted octanol–water partition coefficient (Wildman–Crippen LogP) is 2.59. The van der Waals surface area contributed by atoms with Crippen LogP contribution >= 0.6 is 0 Å². The van der Waals surface area contributed by atoms with Crippen molar-refractivity contribution in [3.05, 3.63) is 35.1 Å². The lowest BCUT2D eigenvalue weighted by molar-refractivity contribution is -0.146. The minimum Gasteiger partial charge on any atom is -0.460 e. The van der Waals surface area contributed by atoms with E-state index in [9.17, 15) is 9.18 Å². The lowest BCUT2D eigenvalue weighted by Gasteiger charge is -2.05. The van der Waals surface area contributed by atoms with Crippen molar-refractivity contribution in [2.45, 2.75) is 26.4 Å². The molecule has 1 fully saturated rings. The van der Waals surface area contributed by atoms with Gasteiger partial charge in [-0.3, -0.25) is 4.79 Å². The first-order chi connectivity index (χ1) is 7.16. The zero-order chi connectivity index (χ0) is 10.8. The average molecular weight is 208 g/mol. The van der Waals surface area contributed by atoms with Crippen molar-refractivity contribution in [2.24, 2.45) is 5.92 Å². The molecule has 3 heteroatoms. The molecular formula is C12H13FO2. The van der Waals surface area contributed by atoms with Gasteiger partial charge >= 0.3 is 5.97 Å². The molecule has 1 aliphatic rings. The van der Waals surface area contributed by atoms with Crippen LogP contribution in [0.2, 0.25) is 0 Å². The molecule has 0 atom stereocenters. The summed E-state index contributed by atoms with van der Waals surface area (Å²) >= 11 is 0. The molecular weight excluding hydrogens is 195 g/mol. The number of rotatable bonds is 3. The number of hydrogen-bond donors (Lipinski definition) is 0. The first-order valence-electron chi connectivity index (χ1n) is 5.08. The van der Waals surface area contributed by atoms with Crippen molar-refractivity contribution >= 4 is 5.97 Å². The van der Waals surface area contributed by atoms with Crippen LogP contribution in [0.25, 0.3) is 0 Å². The van der Waals surface area contributed by atoms with Gasteiger partial charge in [0.1, 0.15) is 12.4 Å². The van der Waals surface area contributed by atoms with Gasteiger partial charge in [-0.15, -0.1) is 0 Å². The maximum absolute atomic E-state index is 13.2. The minimum absolute atomic E-state index is 0.0445. The van der Waals surface area contributed by atoms with Crippen LogP contribution in [0.3, 0.4) is 0 Å². The smallest absolute Gasteiger partial charge is 0.309 e. The van der Waals surface area contributed by atoms with E-state index in [0.717, 1.165) is 18.4 Å². The normalized spacial score (nSPS) is 15.1. The maximum Gasteiger partial charge on any atom is 0.309 e. The Morgan fingerprint density at radius 1 is 1.53 bits per heavy atom. The van der Waals surface area contributed by atoms with Gasteiger partial charge in [0.25, 0.3) is 0 Å². The van der Waals surface area contributed by atoms with Crippen molar-refractivity contribution in [3.63, 3.8) is 0 Å². The number of halogens is 1. The van der Waals surface area contributed by atoms with E-state index < -0.39 is 0 Å². The van der Waals surface area contributed by atoms with Gasteiger partial charge in [0.2, 0.25) is 0 Å². The molecule has 0 radical (unpaired) electrons. The van der Waals surface area contributed by atoms with Gasteiger partial charge in [0, 0.05) is 5.56 Å². The fraction of sp³-hybridized carbons (Fsp3) is 0.417. The highest BCUT2D eigenvalue weighted by Crippen LogP contribution is 2.30. The standard InChI is InChI=1S/C12H13FO2/c1-8-2-5-11(13)10(6-8)7-15-12(14)9-3-4-9/h2,5-6,9H,3-4,7H2,1H3. The number of ether oxygens (including phenoxy) is 1. The summed E-state index contributed by atoms with van der Waals surface area (Å²) in [5.74, 6) is -0.446. The Kier molecular flexibility index (Phi) is 2.71. The van der Waals surface area contributed by atoms with Gasteiger partial charge in [-0.1, -0.05) is 11.6 Å². The zero-order valence-electron chi connectivity index (χ0n) is 8.63. The number of carbonyl (C=O) groups is 1. The molecule has 0 amide bonds. The lowest BCUT2D eigenvalue weighted by atomic mass is 10.1. The molecule has 0 heterocycles. The summed E-state index contributed by atoms with van der Waals surface area (Å²) in [5, 5.41) is 0. The minimum atomic E-state index is -0.316. The molecule has 1 saturated carbocycles. The van der Waals surface area contributed by atoms with Crippen molar-refractivity contribution in [3.8, 4) is 0 Å². The van der Waals surface area contributed by atoms with Gasteiger partial charge < -0.3 is 4.74 Å². The molecule has 0 aliphatic heterocycles. The molecule has 2 nitrogen and oxygen atoms in total. The molecule has 15 heavy (non-hydrogen) atoms. The number of aryl methyl sites for hydroxylation is 1. The topological polar surface area (TPSA) is 26.3 Å². The molecule has 0 aromatic heterocycles. The SMILES string of the molecule is Cc1ccc(F)c(COC(=O)C2CC2)c1. The van der Waals surface area contributed by atoms with E-state index in [1.165, 1.54) is 6.07 Å². The summed E-state index contributed by atoms with van der Waals surface area (Å²) in [4.78, 5) is 11.2. The third kappa shape index (κ3) is 2.55. The van der Waals surface area contributed by atoms with E-state index in [4.69, 9.17) is 4.74 Å². The van der Waals surface area contributed by atoms with Crippen LogP contribution < -0.4 is 0 Å². The van der Waals surface area contributed by atoms with Crippen molar-refractivity contribution in [1.82, 2.24) is 0 Å². The lowest BCUT2D eigenvalue weighted by Crippen LogP contribution is -2.07. The molecule has 2 rings (SSSR count). The van der Waals surface area contributed by atoms with E-state index in [-0.39, 0.29) is 24.3 Å². The Labute approximate surface area is 88.1 Å². The monoisotopic (exact) mass is 208 g/mol. The summed E-state index contributed by atoms with van der Waals surface area (Å²) in [7, 11) is 0. The van der Waals surface area contributed by atoms with Crippen LogP contribution in [-0.4, -0.2) is 5.97 Å². The second-order valence-corrected chi connectivity index (χ2v) is 3.98. The summed E-state index contributed by atoms with van der Waals surface area (Å²) in [6.07, 6.45) is 1.82. The first-order valence-corrected chi connectivity index (χ1v) is 5.08. The van der Waals surface area contributed by atoms with Gasteiger partial charge in [-0.2, -0.15) is 0 Å². The highest BCUT2D eigenvalue weighted by atomic mass is 19.1. The molecule has 0 bridgehead atoms. The third-order valence-electron chi connectivity index (χ3n) is 2.48. The van der Waals surface area contributed by atoms with Gasteiger partial charge in [-0.25, -0.2) is 4.39 Å². The van der Waals surface area contributed by atoms with Gasteiger partial charge in [0.05, 0.1) is 5.92 Å².